The standard InChI is InChI=1S/C25H30N2O6/c1-15-13-16(7-9-19(15)32-5)23(28)21-22(18-14-17(31-4)8-10-20(18)33-6)27(12-11-26(2)3)25(30)24(21)29/h7-10,13-14,22,28H,11-12H2,1-6H3/t22-/m1/s1. The fourth-order valence-corrected chi connectivity index (χ4v) is 3.98. The maximum atomic E-state index is 13.2. The first-order chi connectivity index (χ1) is 15.7. The molecule has 0 aromatic heterocycles. The summed E-state index contributed by atoms with van der Waals surface area (Å²) in [6.45, 7) is 2.67. The van der Waals surface area contributed by atoms with E-state index in [0.29, 0.717) is 41.5 Å². The van der Waals surface area contributed by atoms with Crippen LogP contribution in [0.2, 0.25) is 0 Å². The highest BCUT2D eigenvalue weighted by Gasteiger charge is 2.47. The van der Waals surface area contributed by atoms with Crippen LogP contribution >= 0.6 is 0 Å². The van der Waals surface area contributed by atoms with E-state index in [1.54, 1.807) is 43.5 Å². The molecule has 8 heteroatoms. The van der Waals surface area contributed by atoms with E-state index in [-0.39, 0.29) is 11.3 Å². The number of aliphatic hydroxyl groups excluding tert-OH is 1. The highest BCUT2D eigenvalue weighted by Crippen LogP contribution is 2.44. The lowest BCUT2D eigenvalue weighted by atomic mass is 9.94. The number of aryl methyl sites for hydroxylation is 1. The molecule has 3 rings (SSSR count). The van der Waals surface area contributed by atoms with Gasteiger partial charge in [-0.25, -0.2) is 0 Å². The third-order valence-corrected chi connectivity index (χ3v) is 5.73. The number of nitrogens with zero attached hydrogens (tertiary/aromatic N) is 2. The van der Waals surface area contributed by atoms with Crippen LogP contribution in [0, 0.1) is 6.92 Å². The molecule has 1 aliphatic rings. The number of hydrogen-bond donors (Lipinski definition) is 1. The quantitative estimate of drug-likeness (QED) is 0.373. The van der Waals surface area contributed by atoms with E-state index in [2.05, 4.69) is 0 Å². The summed E-state index contributed by atoms with van der Waals surface area (Å²) in [5.74, 6) is 0.0251. The maximum Gasteiger partial charge on any atom is 0.295 e. The Morgan fingerprint density at radius 3 is 2.24 bits per heavy atom. The van der Waals surface area contributed by atoms with Crippen LogP contribution in [0.5, 0.6) is 17.2 Å². The van der Waals surface area contributed by atoms with E-state index >= 15 is 0 Å². The van der Waals surface area contributed by atoms with E-state index in [0.717, 1.165) is 5.56 Å². The van der Waals surface area contributed by atoms with E-state index in [4.69, 9.17) is 14.2 Å². The third-order valence-electron chi connectivity index (χ3n) is 5.73. The number of carbonyl (C=O) groups is 2. The van der Waals surface area contributed by atoms with Gasteiger partial charge in [0.1, 0.15) is 23.0 Å². The average Bonchev–Trinajstić information content (AvgIpc) is 3.06. The van der Waals surface area contributed by atoms with E-state index in [1.807, 2.05) is 25.9 Å². The van der Waals surface area contributed by atoms with Crippen molar-refractivity contribution < 1.29 is 28.9 Å². The number of hydrogen-bond acceptors (Lipinski definition) is 7. The molecule has 8 nitrogen and oxygen atoms in total. The first kappa shape index (κ1) is 24.1. The smallest absolute Gasteiger partial charge is 0.295 e. The van der Waals surface area contributed by atoms with Gasteiger partial charge >= 0.3 is 0 Å². The summed E-state index contributed by atoms with van der Waals surface area (Å²) in [6, 6.07) is 9.45. The number of Topliss-reactive ketones (excluding diaryl/α,β-unsaturated/α-hetero) is 1. The second-order valence-corrected chi connectivity index (χ2v) is 8.09. The van der Waals surface area contributed by atoms with Gasteiger partial charge in [0.2, 0.25) is 0 Å². The molecule has 2 aromatic carbocycles. The minimum Gasteiger partial charge on any atom is -0.507 e. The number of carbonyl (C=O) groups excluding carboxylic acids is 2. The van der Waals surface area contributed by atoms with Crippen molar-refractivity contribution in [2.24, 2.45) is 0 Å². The number of ether oxygens (including phenoxy) is 3. The molecule has 1 amide bonds. The number of ketones is 1. The lowest BCUT2D eigenvalue weighted by molar-refractivity contribution is -0.140. The monoisotopic (exact) mass is 454 g/mol. The number of benzene rings is 2. The van der Waals surface area contributed by atoms with Crippen LogP contribution in [0.15, 0.2) is 42.0 Å². The van der Waals surface area contributed by atoms with Gasteiger partial charge in [-0.15, -0.1) is 0 Å². The van der Waals surface area contributed by atoms with Gasteiger partial charge in [-0.05, 0) is 63.0 Å². The van der Waals surface area contributed by atoms with Crippen molar-refractivity contribution in [2.45, 2.75) is 13.0 Å². The minimum atomic E-state index is -0.836. The molecule has 1 aliphatic heterocycles. The molecule has 0 aliphatic carbocycles. The van der Waals surface area contributed by atoms with Gasteiger partial charge in [0, 0.05) is 24.2 Å². The summed E-state index contributed by atoms with van der Waals surface area (Å²) in [5.41, 5.74) is 1.78. The summed E-state index contributed by atoms with van der Waals surface area (Å²) in [5, 5.41) is 11.3. The molecule has 0 unspecified atom stereocenters. The van der Waals surface area contributed by atoms with Gasteiger partial charge in [-0.1, -0.05) is 0 Å². The molecule has 1 atom stereocenters. The van der Waals surface area contributed by atoms with Gasteiger partial charge in [0.15, 0.2) is 0 Å². The Balaban J connectivity index is 2.24. The zero-order valence-corrected chi connectivity index (χ0v) is 19.8. The third kappa shape index (κ3) is 4.66. The van der Waals surface area contributed by atoms with Crippen molar-refractivity contribution in [3.63, 3.8) is 0 Å². The van der Waals surface area contributed by atoms with Crippen LogP contribution in [0.4, 0.5) is 0 Å². The topological polar surface area (TPSA) is 88.5 Å². The molecule has 0 spiro atoms. The first-order valence-electron chi connectivity index (χ1n) is 10.5. The Labute approximate surface area is 194 Å². The molecular weight excluding hydrogens is 424 g/mol. The Bertz CT molecular complexity index is 1090. The fourth-order valence-electron chi connectivity index (χ4n) is 3.98. The number of amides is 1. The van der Waals surface area contributed by atoms with Crippen LogP contribution in [0.3, 0.4) is 0 Å². The second-order valence-electron chi connectivity index (χ2n) is 8.09. The molecule has 2 aromatic rings. The largest absolute Gasteiger partial charge is 0.507 e. The SMILES string of the molecule is COc1ccc(OC)c([C@@H]2C(=C(O)c3ccc(OC)c(C)c3)C(=O)C(=O)N2CCN(C)C)c1. The molecule has 1 saturated heterocycles. The van der Waals surface area contributed by atoms with Crippen LogP contribution in [0.1, 0.15) is 22.7 Å². The van der Waals surface area contributed by atoms with E-state index in [9.17, 15) is 14.7 Å². The van der Waals surface area contributed by atoms with Gasteiger partial charge in [0.05, 0.1) is 32.9 Å². The first-order valence-corrected chi connectivity index (χ1v) is 10.5. The van der Waals surface area contributed by atoms with Gasteiger partial charge in [0.25, 0.3) is 11.7 Å². The molecule has 0 saturated carbocycles. The Hall–Kier alpha value is -3.52. The highest BCUT2D eigenvalue weighted by molar-refractivity contribution is 6.46. The molecule has 176 valence electrons. The lowest BCUT2D eigenvalue weighted by Crippen LogP contribution is -2.35. The van der Waals surface area contributed by atoms with Crippen molar-refractivity contribution in [2.75, 3.05) is 48.5 Å². The molecular formula is C25H30N2O6. The number of likely N-dealkylation sites (tertiary alicyclic amines) is 1. The van der Waals surface area contributed by atoms with Crippen molar-refractivity contribution in [1.82, 2.24) is 9.80 Å². The van der Waals surface area contributed by atoms with Crippen molar-refractivity contribution in [3.05, 3.63) is 58.7 Å². The zero-order valence-electron chi connectivity index (χ0n) is 19.8. The Morgan fingerprint density at radius 1 is 1.00 bits per heavy atom. The van der Waals surface area contributed by atoms with E-state index < -0.39 is 17.7 Å². The molecule has 1 fully saturated rings. The van der Waals surface area contributed by atoms with Gasteiger partial charge < -0.3 is 29.1 Å². The molecule has 33 heavy (non-hydrogen) atoms. The predicted octanol–water partition coefficient (Wildman–Crippen LogP) is 3.00. The second kappa shape index (κ2) is 9.95. The maximum absolute atomic E-state index is 13.2. The lowest BCUT2D eigenvalue weighted by Gasteiger charge is -2.28. The number of methoxy groups -OCH3 is 3. The van der Waals surface area contributed by atoms with Crippen LogP contribution in [0.25, 0.3) is 5.76 Å². The van der Waals surface area contributed by atoms with E-state index in [1.165, 1.54) is 19.1 Å². The summed E-state index contributed by atoms with van der Waals surface area (Å²) < 4.78 is 16.2. The van der Waals surface area contributed by atoms with Crippen LogP contribution in [-0.2, 0) is 9.59 Å². The number of rotatable bonds is 8. The zero-order chi connectivity index (χ0) is 24.3. The molecule has 1 heterocycles. The fraction of sp³-hybridized carbons (Fsp3) is 0.360. The van der Waals surface area contributed by atoms with Crippen LogP contribution in [-0.4, -0.2) is 75.1 Å². The summed E-state index contributed by atoms with van der Waals surface area (Å²) in [7, 11) is 8.39. The molecule has 0 bridgehead atoms. The number of aliphatic hydroxyl groups is 1. The summed E-state index contributed by atoms with van der Waals surface area (Å²) in [6.07, 6.45) is 0. The Morgan fingerprint density at radius 2 is 1.67 bits per heavy atom. The van der Waals surface area contributed by atoms with Crippen molar-refractivity contribution in [1.29, 1.82) is 0 Å². The highest BCUT2D eigenvalue weighted by atomic mass is 16.5. The summed E-state index contributed by atoms with van der Waals surface area (Å²) in [4.78, 5) is 29.7. The Kier molecular flexibility index (Phi) is 7.28. The van der Waals surface area contributed by atoms with Gasteiger partial charge in [-0.3, -0.25) is 9.59 Å². The van der Waals surface area contributed by atoms with Crippen LogP contribution < -0.4 is 14.2 Å². The van der Waals surface area contributed by atoms with Crippen molar-refractivity contribution in [3.8, 4) is 17.2 Å². The minimum absolute atomic E-state index is 0.00914. The molecule has 1 N–H and O–H groups in total. The summed E-state index contributed by atoms with van der Waals surface area (Å²) >= 11 is 0. The normalized spacial score (nSPS) is 17.5. The predicted molar refractivity (Wildman–Crippen MR) is 125 cm³/mol. The van der Waals surface area contributed by atoms with Crippen molar-refractivity contribution >= 4 is 17.4 Å². The average molecular weight is 455 g/mol. The van der Waals surface area contributed by atoms with Gasteiger partial charge in [-0.2, -0.15) is 0 Å². The number of likely N-dealkylation sites (N-methyl/N-ethyl adjacent to an activating group) is 1. The molecule has 0 radical (unpaired) electrons.